The average molecular weight is 300 g/mol. The average Bonchev–Trinajstić information content (AvgIpc) is 2.27. The van der Waals surface area contributed by atoms with Crippen molar-refractivity contribution < 1.29 is 9.90 Å². The third-order valence-corrected chi connectivity index (χ3v) is 3.04. The fourth-order valence-corrected chi connectivity index (χ4v) is 1.72. The molecule has 0 heterocycles. The minimum absolute atomic E-state index is 0.102. The van der Waals surface area contributed by atoms with Crippen molar-refractivity contribution in [3.8, 4) is 0 Å². The molecule has 1 N–H and O–H groups in total. The van der Waals surface area contributed by atoms with Gasteiger partial charge in [-0.25, -0.2) is 0 Å². The Hall–Kier alpha value is -0.710. The molecule has 1 aromatic carbocycles. The number of nitrogens with zero attached hydrogens (tertiary/aromatic N) is 1. The lowest BCUT2D eigenvalue weighted by molar-refractivity contribution is 0.0931. The molecule has 1 unspecified atom stereocenters. The summed E-state index contributed by atoms with van der Waals surface area (Å²) in [7, 11) is 1.89. The molecule has 1 aromatic rings. The SMILES string of the molecule is CC(O)CCN(C)CC(=O)c1ccc(Br)cc1. The Bertz CT molecular complexity index is 362. The number of aliphatic hydroxyl groups is 1. The van der Waals surface area contributed by atoms with E-state index in [0.29, 0.717) is 13.0 Å². The molecule has 1 rings (SSSR count). The van der Waals surface area contributed by atoms with Gasteiger partial charge in [-0.2, -0.15) is 0 Å². The molecule has 3 nitrogen and oxygen atoms in total. The van der Waals surface area contributed by atoms with E-state index < -0.39 is 0 Å². The molecule has 0 aliphatic rings. The van der Waals surface area contributed by atoms with Crippen molar-refractivity contribution in [3.63, 3.8) is 0 Å². The van der Waals surface area contributed by atoms with Crippen molar-refractivity contribution in [2.75, 3.05) is 20.1 Å². The van der Waals surface area contributed by atoms with Crippen molar-refractivity contribution in [2.24, 2.45) is 0 Å². The summed E-state index contributed by atoms with van der Waals surface area (Å²) >= 11 is 3.34. The normalized spacial score (nSPS) is 12.8. The predicted molar refractivity (Wildman–Crippen MR) is 72.3 cm³/mol. The highest BCUT2D eigenvalue weighted by Crippen LogP contribution is 2.11. The van der Waals surface area contributed by atoms with Crippen LogP contribution in [0.15, 0.2) is 28.7 Å². The Morgan fingerprint density at radius 3 is 2.53 bits per heavy atom. The molecule has 0 aromatic heterocycles. The third-order valence-electron chi connectivity index (χ3n) is 2.51. The number of hydrogen-bond donors (Lipinski definition) is 1. The molecule has 0 aliphatic heterocycles. The van der Waals surface area contributed by atoms with Crippen molar-refractivity contribution in [3.05, 3.63) is 34.3 Å². The van der Waals surface area contributed by atoms with Crippen LogP contribution in [0.4, 0.5) is 0 Å². The lowest BCUT2D eigenvalue weighted by Crippen LogP contribution is -2.28. The van der Waals surface area contributed by atoms with Gasteiger partial charge in [-0.3, -0.25) is 9.69 Å². The van der Waals surface area contributed by atoms with Crippen LogP contribution in [0, 0.1) is 0 Å². The Morgan fingerprint density at radius 2 is 2.00 bits per heavy atom. The number of carbonyl (C=O) groups is 1. The molecular formula is C13H18BrNO2. The highest BCUT2D eigenvalue weighted by atomic mass is 79.9. The highest BCUT2D eigenvalue weighted by molar-refractivity contribution is 9.10. The monoisotopic (exact) mass is 299 g/mol. The lowest BCUT2D eigenvalue weighted by Gasteiger charge is -2.16. The van der Waals surface area contributed by atoms with Crippen molar-refractivity contribution in [2.45, 2.75) is 19.4 Å². The second kappa shape index (κ2) is 6.89. The van der Waals surface area contributed by atoms with Gasteiger partial charge in [0.15, 0.2) is 5.78 Å². The van der Waals surface area contributed by atoms with E-state index in [0.717, 1.165) is 16.6 Å². The largest absolute Gasteiger partial charge is 0.393 e. The smallest absolute Gasteiger partial charge is 0.176 e. The number of halogens is 1. The topological polar surface area (TPSA) is 40.5 Å². The standard InChI is InChI=1S/C13H18BrNO2/c1-10(16)7-8-15(2)9-13(17)11-3-5-12(14)6-4-11/h3-6,10,16H,7-9H2,1-2H3. The van der Waals surface area contributed by atoms with Gasteiger partial charge in [-0.15, -0.1) is 0 Å². The zero-order chi connectivity index (χ0) is 12.8. The summed E-state index contributed by atoms with van der Waals surface area (Å²) in [6.45, 7) is 2.86. The number of aliphatic hydroxyl groups excluding tert-OH is 1. The summed E-state index contributed by atoms with van der Waals surface area (Å²) in [5.41, 5.74) is 0.720. The second-order valence-corrected chi connectivity index (χ2v) is 5.22. The maximum Gasteiger partial charge on any atom is 0.176 e. The van der Waals surface area contributed by atoms with Gasteiger partial charge in [0, 0.05) is 16.6 Å². The Labute approximate surface area is 111 Å². The molecule has 0 saturated carbocycles. The second-order valence-electron chi connectivity index (χ2n) is 4.31. The number of hydrogen-bond acceptors (Lipinski definition) is 3. The van der Waals surface area contributed by atoms with E-state index in [9.17, 15) is 4.79 Å². The van der Waals surface area contributed by atoms with E-state index in [1.807, 2.05) is 36.2 Å². The van der Waals surface area contributed by atoms with E-state index in [2.05, 4.69) is 15.9 Å². The van der Waals surface area contributed by atoms with Gasteiger partial charge in [0.05, 0.1) is 12.6 Å². The van der Waals surface area contributed by atoms with Crippen LogP contribution in [0.3, 0.4) is 0 Å². The molecule has 94 valence electrons. The maximum absolute atomic E-state index is 11.9. The quantitative estimate of drug-likeness (QED) is 0.820. The molecular weight excluding hydrogens is 282 g/mol. The van der Waals surface area contributed by atoms with Crippen LogP contribution < -0.4 is 0 Å². The molecule has 4 heteroatoms. The van der Waals surface area contributed by atoms with E-state index >= 15 is 0 Å². The van der Waals surface area contributed by atoms with Crippen LogP contribution >= 0.6 is 15.9 Å². The molecule has 0 radical (unpaired) electrons. The molecule has 0 fully saturated rings. The first-order valence-corrected chi connectivity index (χ1v) is 6.43. The van der Waals surface area contributed by atoms with Crippen molar-refractivity contribution >= 4 is 21.7 Å². The summed E-state index contributed by atoms with van der Waals surface area (Å²) in [5, 5.41) is 9.17. The van der Waals surface area contributed by atoms with Crippen LogP contribution in [0.2, 0.25) is 0 Å². The fraction of sp³-hybridized carbons (Fsp3) is 0.462. The van der Waals surface area contributed by atoms with E-state index in [1.54, 1.807) is 6.92 Å². The molecule has 0 bridgehead atoms. The van der Waals surface area contributed by atoms with E-state index in [1.165, 1.54) is 0 Å². The van der Waals surface area contributed by atoms with Crippen LogP contribution in [0.5, 0.6) is 0 Å². The molecule has 0 amide bonds. The number of likely N-dealkylation sites (N-methyl/N-ethyl adjacent to an activating group) is 1. The third kappa shape index (κ3) is 5.44. The van der Waals surface area contributed by atoms with Crippen LogP contribution in [-0.2, 0) is 0 Å². The first kappa shape index (κ1) is 14.4. The molecule has 17 heavy (non-hydrogen) atoms. The summed E-state index contributed by atoms with van der Waals surface area (Å²) in [4.78, 5) is 13.8. The van der Waals surface area contributed by atoms with Gasteiger partial charge in [0.25, 0.3) is 0 Å². The first-order chi connectivity index (χ1) is 7.99. The van der Waals surface area contributed by atoms with E-state index in [4.69, 9.17) is 5.11 Å². The minimum Gasteiger partial charge on any atom is -0.393 e. The van der Waals surface area contributed by atoms with Crippen LogP contribution in [0.25, 0.3) is 0 Å². The zero-order valence-corrected chi connectivity index (χ0v) is 11.8. The summed E-state index contributed by atoms with van der Waals surface area (Å²) in [6.07, 6.45) is 0.365. The summed E-state index contributed by atoms with van der Waals surface area (Å²) in [5.74, 6) is 0.102. The van der Waals surface area contributed by atoms with Gasteiger partial charge < -0.3 is 5.11 Å². The lowest BCUT2D eigenvalue weighted by atomic mass is 10.1. The van der Waals surface area contributed by atoms with E-state index in [-0.39, 0.29) is 11.9 Å². The van der Waals surface area contributed by atoms with Gasteiger partial charge in [-0.05, 0) is 32.5 Å². The van der Waals surface area contributed by atoms with Crippen LogP contribution in [0.1, 0.15) is 23.7 Å². The predicted octanol–water partition coefficient (Wildman–Crippen LogP) is 2.33. The Balaban J connectivity index is 2.46. The molecule has 1 atom stereocenters. The minimum atomic E-state index is -0.319. The molecule has 0 spiro atoms. The fourth-order valence-electron chi connectivity index (χ4n) is 1.46. The summed E-state index contributed by atoms with van der Waals surface area (Å²) < 4.78 is 0.969. The van der Waals surface area contributed by atoms with Crippen molar-refractivity contribution in [1.29, 1.82) is 0 Å². The number of carbonyl (C=O) groups excluding carboxylic acids is 1. The molecule has 0 saturated heterocycles. The van der Waals surface area contributed by atoms with Crippen molar-refractivity contribution in [1.82, 2.24) is 4.90 Å². The number of Topliss-reactive ketones (excluding diaryl/α,β-unsaturated/α-hetero) is 1. The van der Waals surface area contributed by atoms with Gasteiger partial charge in [-0.1, -0.05) is 28.1 Å². The van der Waals surface area contributed by atoms with Gasteiger partial charge in [0.1, 0.15) is 0 Å². The molecule has 0 aliphatic carbocycles. The van der Waals surface area contributed by atoms with Gasteiger partial charge >= 0.3 is 0 Å². The number of rotatable bonds is 6. The zero-order valence-electron chi connectivity index (χ0n) is 10.2. The maximum atomic E-state index is 11.9. The Kier molecular flexibility index (Phi) is 5.82. The number of benzene rings is 1. The van der Waals surface area contributed by atoms with Crippen LogP contribution in [-0.4, -0.2) is 42.0 Å². The summed E-state index contributed by atoms with van der Waals surface area (Å²) in [6, 6.07) is 7.36. The Morgan fingerprint density at radius 1 is 1.41 bits per heavy atom. The first-order valence-electron chi connectivity index (χ1n) is 5.64. The van der Waals surface area contributed by atoms with Gasteiger partial charge in [0.2, 0.25) is 0 Å². The number of ketones is 1. The highest BCUT2D eigenvalue weighted by Gasteiger charge is 2.09.